The molecule has 0 aromatic carbocycles. The van der Waals surface area contributed by atoms with Crippen LogP contribution in [0.3, 0.4) is 0 Å². The van der Waals surface area contributed by atoms with Crippen molar-refractivity contribution in [3.05, 3.63) is 11.6 Å². The first kappa shape index (κ1) is 15.7. The molecule has 0 unspecified atom stereocenters. The topological polar surface area (TPSA) is 39.7 Å². The van der Waals surface area contributed by atoms with E-state index in [0.717, 1.165) is 44.4 Å². The molecule has 2 fully saturated rings. The fourth-order valence-corrected chi connectivity index (χ4v) is 3.95. The number of hydrogen-bond acceptors (Lipinski definition) is 5. The SMILES string of the molecule is O=C(CN1CCN(c2nccs2)CC1)N1CCCCCCC1. The Kier molecular flexibility index (Phi) is 5.67. The smallest absolute Gasteiger partial charge is 0.236 e. The minimum Gasteiger partial charge on any atom is -0.346 e. The van der Waals surface area contributed by atoms with Crippen LogP contribution in [0.5, 0.6) is 0 Å². The van der Waals surface area contributed by atoms with Gasteiger partial charge in [0, 0.05) is 50.8 Å². The molecule has 2 saturated heterocycles. The van der Waals surface area contributed by atoms with Crippen LogP contribution in [0, 0.1) is 0 Å². The van der Waals surface area contributed by atoms with Gasteiger partial charge in [-0.2, -0.15) is 0 Å². The van der Waals surface area contributed by atoms with E-state index < -0.39 is 0 Å². The van der Waals surface area contributed by atoms with Gasteiger partial charge in [0.05, 0.1) is 6.54 Å². The van der Waals surface area contributed by atoms with Gasteiger partial charge in [-0.1, -0.05) is 19.3 Å². The van der Waals surface area contributed by atoms with Gasteiger partial charge in [0.2, 0.25) is 5.91 Å². The lowest BCUT2D eigenvalue weighted by molar-refractivity contribution is -0.132. The predicted molar refractivity (Wildman–Crippen MR) is 90.4 cm³/mol. The number of thiazole rings is 1. The monoisotopic (exact) mass is 322 g/mol. The van der Waals surface area contributed by atoms with Crippen molar-refractivity contribution >= 4 is 22.4 Å². The predicted octanol–water partition coefficient (Wildman–Crippen LogP) is 2.06. The maximum atomic E-state index is 12.5. The number of rotatable bonds is 3. The minimum atomic E-state index is 0.324. The van der Waals surface area contributed by atoms with Crippen LogP contribution in [0.15, 0.2) is 11.6 Å². The average molecular weight is 322 g/mol. The highest BCUT2D eigenvalue weighted by molar-refractivity contribution is 7.13. The number of amides is 1. The van der Waals surface area contributed by atoms with Gasteiger partial charge in [0.1, 0.15) is 0 Å². The molecule has 3 heterocycles. The van der Waals surface area contributed by atoms with Crippen molar-refractivity contribution in [1.82, 2.24) is 14.8 Å². The second kappa shape index (κ2) is 7.92. The Bertz CT molecular complexity index is 449. The molecule has 2 aliphatic heterocycles. The van der Waals surface area contributed by atoms with Gasteiger partial charge in [-0.25, -0.2) is 4.98 Å². The highest BCUT2D eigenvalue weighted by Crippen LogP contribution is 2.19. The van der Waals surface area contributed by atoms with E-state index in [-0.39, 0.29) is 0 Å². The van der Waals surface area contributed by atoms with Gasteiger partial charge in [-0.3, -0.25) is 9.69 Å². The molecule has 0 radical (unpaired) electrons. The molecular formula is C16H26N4OS. The molecule has 6 heteroatoms. The Morgan fingerprint density at radius 1 is 1.00 bits per heavy atom. The molecule has 1 aromatic rings. The van der Waals surface area contributed by atoms with Gasteiger partial charge in [-0.15, -0.1) is 11.3 Å². The number of aromatic nitrogens is 1. The quantitative estimate of drug-likeness (QED) is 0.854. The van der Waals surface area contributed by atoms with Crippen molar-refractivity contribution in [3.63, 3.8) is 0 Å². The maximum absolute atomic E-state index is 12.5. The maximum Gasteiger partial charge on any atom is 0.236 e. The number of nitrogens with zero attached hydrogens (tertiary/aromatic N) is 4. The van der Waals surface area contributed by atoms with Crippen LogP contribution in [0.25, 0.3) is 0 Å². The van der Waals surface area contributed by atoms with E-state index in [1.807, 2.05) is 11.6 Å². The number of hydrogen-bond donors (Lipinski definition) is 0. The third-order valence-corrected chi connectivity index (χ3v) is 5.46. The minimum absolute atomic E-state index is 0.324. The third-order valence-electron chi connectivity index (χ3n) is 4.63. The third kappa shape index (κ3) is 4.20. The van der Waals surface area contributed by atoms with Crippen LogP contribution in [-0.2, 0) is 4.79 Å². The lowest BCUT2D eigenvalue weighted by Crippen LogP contribution is -2.50. The molecule has 0 atom stereocenters. The van der Waals surface area contributed by atoms with Crippen LogP contribution >= 0.6 is 11.3 Å². The summed E-state index contributed by atoms with van der Waals surface area (Å²) >= 11 is 1.69. The molecule has 0 N–H and O–H groups in total. The molecule has 22 heavy (non-hydrogen) atoms. The zero-order valence-corrected chi connectivity index (χ0v) is 14.1. The summed E-state index contributed by atoms with van der Waals surface area (Å²) in [4.78, 5) is 23.6. The second-order valence-electron chi connectivity index (χ2n) is 6.23. The number of piperazine rings is 1. The molecular weight excluding hydrogens is 296 g/mol. The van der Waals surface area contributed by atoms with E-state index in [4.69, 9.17) is 0 Å². The van der Waals surface area contributed by atoms with E-state index in [1.165, 1.54) is 32.1 Å². The first-order valence-electron chi connectivity index (χ1n) is 8.47. The largest absolute Gasteiger partial charge is 0.346 e. The van der Waals surface area contributed by atoms with Gasteiger partial charge in [0.25, 0.3) is 0 Å². The van der Waals surface area contributed by atoms with E-state index in [9.17, 15) is 4.79 Å². The lowest BCUT2D eigenvalue weighted by Gasteiger charge is -2.35. The van der Waals surface area contributed by atoms with Crippen LogP contribution in [0.1, 0.15) is 32.1 Å². The van der Waals surface area contributed by atoms with E-state index in [2.05, 4.69) is 19.7 Å². The lowest BCUT2D eigenvalue weighted by atomic mass is 10.1. The van der Waals surface area contributed by atoms with Gasteiger partial charge in [-0.05, 0) is 12.8 Å². The Morgan fingerprint density at radius 3 is 2.32 bits per heavy atom. The summed E-state index contributed by atoms with van der Waals surface area (Å²) in [5, 5.41) is 3.13. The Labute approximate surface area is 136 Å². The van der Waals surface area contributed by atoms with E-state index >= 15 is 0 Å². The molecule has 1 amide bonds. The van der Waals surface area contributed by atoms with Crippen molar-refractivity contribution in [2.45, 2.75) is 32.1 Å². The number of anilines is 1. The normalized spacial score (nSPS) is 21.5. The Hall–Kier alpha value is -1.14. The zero-order chi connectivity index (χ0) is 15.2. The summed E-state index contributed by atoms with van der Waals surface area (Å²) in [5.74, 6) is 0.324. The fourth-order valence-electron chi connectivity index (χ4n) is 3.26. The summed E-state index contributed by atoms with van der Waals surface area (Å²) in [5.41, 5.74) is 0. The number of carbonyl (C=O) groups is 1. The Morgan fingerprint density at radius 2 is 1.68 bits per heavy atom. The first-order chi connectivity index (χ1) is 10.8. The van der Waals surface area contributed by atoms with Crippen LogP contribution in [0.4, 0.5) is 5.13 Å². The standard InChI is InChI=1S/C16H26N4OS/c21-15(19-7-4-2-1-3-5-8-19)14-18-9-11-20(12-10-18)16-17-6-13-22-16/h6,13H,1-5,7-12,14H2. The van der Waals surface area contributed by atoms with Crippen molar-refractivity contribution < 1.29 is 4.79 Å². The van der Waals surface area contributed by atoms with E-state index in [0.29, 0.717) is 12.5 Å². The molecule has 0 bridgehead atoms. The van der Waals surface area contributed by atoms with Crippen LogP contribution in [0.2, 0.25) is 0 Å². The van der Waals surface area contributed by atoms with E-state index in [1.54, 1.807) is 11.3 Å². The second-order valence-corrected chi connectivity index (χ2v) is 7.10. The molecule has 3 rings (SSSR count). The molecule has 0 saturated carbocycles. The molecule has 0 aliphatic carbocycles. The van der Waals surface area contributed by atoms with Crippen molar-refractivity contribution in [3.8, 4) is 0 Å². The molecule has 5 nitrogen and oxygen atoms in total. The Balaban J connectivity index is 1.44. The van der Waals surface area contributed by atoms with Crippen molar-refractivity contribution in [1.29, 1.82) is 0 Å². The van der Waals surface area contributed by atoms with Gasteiger partial charge < -0.3 is 9.80 Å². The average Bonchev–Trinajstić information content (AvgIpc) is 3.01. The molecule has 0 spiro atoms. The molecule has 2 aliphatic rings. The molecule has 122 valence electrons. The van der Waals surface area contributed by atoms with Gasteiger partial charge >= 0.3 is 0 Å². The molecule has 1 aromatic heterocycles. The van der Waals surface area contributed by atoms with Gasteiger partial charge in [0.15, 0.2) is 5.13 Å². The summed E-state index contributed by atoms with van der Waals surface area (Å²) in [6, 6.07) is 0. The highest BCUT2D eigenvalue weighted by atomic mass is 32.1. The summed E-state index contributed by atoms with van der Waals surface area (Å²) in [6.07, 6.45) is 8.08. The summed E-state index contributed by atoms with van der Waals surface area (Å²) in [7, 11) is 0. The van der Waals surface area contributed by atoms with Crippen LogP contribution < -0.4 is 4.90 Å². The summed E-state index contributed by atoms with van der Waals surface area (Å²) < 4.78 is 0. The fraction of sp³-hybridized carbons (Fsp3) is 0.750. The van der Waals surface area contributed by atoms with Crippen LogP contribution in [-0.4, -0.2) is 66.5 Å². The number of likely N-dealkylation sites (tertiary alicyclic amines) is 1. The van der Waals surface area contributed by atoms with Crippen molar-refractivity contribution in [2.24, 2.45) is 0 Å². The first-order valence-corrected chi connectivity index (χ1v) is 9.35. The highest BCUT2D eigenvalue weighted by Gasteiger charge is 2.22. The zero-order valence-electron chi connectivity index (χ0n) is 13.2. The number of carbonyl (C=O) groups excluding carboxylic acids is 1. The van der Waals surface area contributed by atoms with Crippen molar-refractivity contribution in [2.75, 3.05) is 50.7 Å². The summed E-state index contributed by atoms with van der Waals surface area (Å²) in [6.45, 7) is 6.36.